The minimum absolute atomic E-state index is 0.121. The third kappa shape index (κ3) is 1.64. The van der Waals surface area contributed by atoms with Crippen LogP contribution in [0.3, 0.4) is 0 Å². The van der Waals surface area contributed by atoms with Crippen molar-refractivity contribution >= 4 is 11.8 Å². The zero-order valence-electron chi connectivity index (χ0n) is 7.96. The van der Waals surface area contributed by atoms with Crippen molar-refractivity contribution in [2.75, 3.05) is 0 Å². The highest BCUT2D eigenvalue weighted by atomic mass is 16.4. The van der Waals surface area contributed by atoms with Crippen molar-refractivity contribution in [1.29, 1.82) is 0 Å². The SMILES string of the molecule is CC(=O)C1=CCCCC1(C)C(=O)O. The highest BCUT2D eigenvalue weighted by Crippen LogP contribution is 2.37. The summed E-state index contributed by atoms with van der Waals surface area (Å²) in [6.07, 6.45) is 3.99. The molecule has 3 nitrogen and oxygen atoms in total. The molecule has 0 aliphatic heterocycles. The predicted octanol–water partition coefficient (Wildman–Crippen LogP) is 1.78. The maximum absolute atomic E-state index is 11.2. The average Bonchev–Trinajstić information content (AvgIpc) is 2.04. The maximum Gasteiger partial charge on any atom is 0.313 e. The van der Waals surface area contributed by atoms with Crippen LogP contribution in [0.2, 0.25) is 0 Å². The Bertz CT molecular complexity index is 278. The smallest absolute Gasteiger partial charge is 0.313 e. The van der Waals surface area contributed by atoms with E-state index < -0.39 is 11.4 Å². The molecule has 0 radical (unpaired) electrons. The second-order valence-electron chi connectivity index (χ2n) is 3.70. The molecular weight excluding hydrogens is 168 g/mol. The zero-order chi connectivity index (χ0) is 10.1. The van der Waals surface area contributed by atoms with Gasteiger partial charge in [-0.2, -0.15) is 0 Å². The van der Waals surface area contributed by atoms with Gasteiger partial charge in [0.2, 0.25) is 0 Å². The maximum atomic E-state index is 11.2. The highest BCUT2D eigenvalue weighted by molar-refractivity contribution is 6.00. The van der Waals surface area contributed by atoms with E-state index >= 15 is 0 Å². The Kier molecular flexibility index (Phi) is 2.55. The number of Topliss-reactive ketones (excluding diaryl/α,β-unsaturated/α-hetero) is 1. The molecule has 0 spiro atoms. The number of aliphatic carboxylic acids is 1. The molecule has 0 heterocycles. The number of hydrogen-bond donors (Lipinski definition) is 1. The predicted molar refractivity (Wildman–Crippen MR) is 48.4 cm³/mol. The highest BCUT2D eigenvalue weighted by Gasteiger charge is 2.40. The number of carbonyl (C=O) groups excluding carboxylic acids is 1. The van der Waals surface area contributed by atoms with Crippen molar-refractivity contribution in [3.8, 4) is 0 Å². The lowest BCUT2D eigenvalue weighted by Gasteiger charge is -2.29. The van der Waals surface area contributed by atoms with Gasteiger partial charge < -0.3 is 5.11 Å². The molecule has 0 aromatic heterocycles. The summed E-state index contributed by atoms with van der Waals surface area (Å²) < 4.78 is 0. The van der Waals surface area contributed by atoms with E-state index in [4.69, 9.17) is 5.11 Å². The molecule has 0 aromatic rings. The normalized spacial score (nSPS) is 28.0. The molecular formula is C10H14O3. The summed E-state index contributed by atoms with van der Waals surface area (Å²) in [4.78, 5) is 22.2. The summed E-state index contributed by atoms with van der Waals surface area (Å²) >= 11 is 0. The first-order valence-corrected chi connectivity index (χ1v) is 4.43. The lowest BCUT2D eigenvalue weighted by molar-refractivity contribution is -0.147. The molecule has 0 saturated heterocycles. The molecule has 1 rings (SSSR count). The standard InChI is InChI=1S/C10H14O3/c1-7(11)8-5-3-4-6-10(8,2)9(12)13/h5H,3-4,6H2,1-2H3,(H,12,13). The lowest BCUT2D eigenvalue weighted by atomic mass is 9.73. The monoisotopic (exact) mass is 182 g/mol. The minimum Gasteiger partial charge on any atom is -0.481 e. The molecule has 0 amide bonds. The van der Waals surface area contributed by atoms with E-state index in [1.165, 1.54) is 6.92 Å². The Morgan fingerprint density at radius 2 is 2.15 bits per heavy atom. The number of ketones is 1. The van der Waals surface area contributed by atoms with Gasteiger partial charge in [-0.05, 0) is 33.1 Å². The molecule has 0 bridgehead atoms. The van der Waals surface area contributed by atoms with Gasteiger partial charge in [-0.15, -0.1) is 0 Å². The summed E-state index contributed by atoms with van der Waals surface area (Å²) in [6.45, 7) is 3.06. The van der Waals surface area contributed by atoms with Crippen LogP contribution in [-0.2, 0) is 9.59 Å². The molecule has 0 aromatic carbocycles. The zero-order valence-corrected chi connectivity index (χ0v) is 7.96. The van der Waals surface area contributed by atoms with Crippen LogP contribution in [0.25, 0.3) is 0 Å². The van der Waals surface area contributed by atoms with Crippen molar-refractivity contribution in [3.63, 3.8) is 0 Å². The molecule has 13 heavy (non-hydrogen) atoms. The van der Waals surface area contributed by atoms with Crippen LogP contribution in [0.15, 0.2) is 11.6 Å². The number of hydrogen-bond acceptors (Lipinski definition) is 2. The second kappa shape index (κ2) is 3.32. The van der Waals surface area contributed by atoms with Crippen LogP contribution in [0.1, 0.15) is 33.1 Å². The van der Waals surface area contributed by atoms with E-state index in [-0.39, 0.29) is 5.78 Å². The first kappa shape index (κ1) is 9.96. The molecule has 1 atom stereocenters. The summed E-state index contributed by atoms with van der Waals surface area (Å²) in [6, 6.07) is 0. The Balaban J connectivity index is 3.08. The van der Waals surface area contributed by atoms with Crippen LogP contribution in [-0.4, -0.2) is 16.9 Å². The summed E-state index contributed by atoms with van der Waals surface area (Å²) in [5.74, 6) is -1.02. The number of carboxylic acids is 1. The topological polar surface area (TPSA) is 54.4 Å². The van der Waals surface area contributed by atoms with Crippen LogP contribution >= 0.6 is 0 Å². The summed E-state index contributed by atoms with van der Waals surface area (Å²) in [7, 11) is 0. The quantitative estimate of drug-likeness (QED) is 0.708. The average molecular weight is 182 g/mol. The first-order chi connectivity index (χ1) is 5.98. The van der Waals surface area contributed by atoms with Gasteiger partial charge in [-0.1, -0.05) is 6.08 Å². The van der Waals surface area contributed by atoms with E-state index in [2.05, 4.69) is 0 Å². The molecule has 1 aliphatic rings. The summed E-state index contributed by atoms with van der Waals surface area (Å²) in [5.41, 5.74) is -0.490. The molecule has 72 valence electrons. The molecule has 1 aliphatic carbocycles. The molecule has 0 fully saturated rings. The third-order valence-corrected chi connectivity index (χ3v) is 2.68. The van der Waals surface area contributed by atoms with Crippen molar-refractivity contribution in [2.24, 2.45) is 5.41 Å². The lowest BCUT2D eigenvalue weighted by Crippen LogP contribution is -2.34. The van der Waals surface area contributed by atoms with Crippen molar-refractivity contribution in [2.45, 2.75) is 33.1 Å². The number of allylic oxidation sites excluding steroid dienone is 1. The third-order valence-electron chi connectivity index (χ3n) is 2.68. The Morgan fingerprint density at radius 1 is 1.54 bits per heavy atom. The van der Waals surface area contributed by atoms with Crippen molar-refractivity contribution in [1.82, 2.24) is 0 Å². The van der Waals surface area contributed by atoms with Gasteiger partial charge >= 0.3 is 5.97 Å². The van der Waals surface area contributed by atoms with Gasteiger partial charge in [0.25, 0.3) is 0 Å². The second-order valence-corrected chi connectivity index (χ2v) is 3.70. The largest absolute Gasteiger partial charge is 0.481 e. The number of carboxylic acid groups (broad SMARTS) is 1. The molecule has 1 unspecified atom stereocenters. The van der Waals surface area contributed by atoms with Crippen molar-refractivity contribution in [3.05, 3.63) is 11.6 Å². The number of carbonyl (C=O) groups is 2. The van der Waals surface area contributed by atoms with E-state index in [0.29, 0.717) is 12.0 Å². The van der Waals surface area contributed by atoms with Gasteiger partial charge in [0, 0.05) is 5.57 Å². The van der Waals surface area contributed by atoms with Gasteiger partial charge in [-0.3, -0.25) is 9.59 Å². The van der Waals surface area contributed by atoms with Gasteiger partial charge in [0.1, 0.15) is 0 Å². The summed E-state index contributed by atoms with van der Waals surface area (Å²) in [5, 5.41) is 9.02. The van der Waals surface area contributed by atoms with E-state index in [0.717, 1.165) is 12.8 Å². The Labute approximate surface area is 77.4 Å². The Hall–Kier alpha value is -1.12. The first-order valence-electron chi connectivity index (χ1n) is 4.43. The van der Waals surface area contributed by atoms with Crippen LogP contribution in [0.4, 0.5) is 0 Å². The molecule has 1 N–H and O–H groups in total. The van der Waals surface area contributed by atoms with Crippen LogP contribution in [0, 0.1) is 5.41 Å². The van der Waals surface area contributed by atoms with Gasteiger partial charge in [0.15, 0.2) is 5.78 Å². The van der Waals surface area contributed by atoms with Crippen LogP contribution in [0.5, 0.6) is 0 Å². The van der Waals surface area contributed by atoms with Crippen molar-refractivity contribution < 1.29 is 14.7 Å². The minimum atomic E-state index is -0.954. The Morgan fingerprint density at radius 3 is 2.54 bits per heavy atom. The van der Waals surface area contributed by atoms with E-state index in [9.17, 15) is 9.59 Å². The fourth-order valence-electron chi connectivity index (χ4n) is 1.82. The fraction of sp³-hybridized carbons (Fsp3) is 0.600. The van der Waals surface area contributed by atoms with Gasteiger partial charge in [0.05, 0.1) is 5.41 Å². The molecule has 3 heteroatoms. The van der Waals surface area contributed by atoms with Crippen LogP contribution < -0.4 is 0 Å². The van der Waals surface area contributed by atoms with E-state index in [1.54, 1.807) is 13.0 Å². The van der Waals surface area contributed by atoms with E-state index in [1.807, 2.05) is 0 Å². The number of rotatable bonds is 2. The van der Waals surface area contributed by atoms with Gasteiger partial charge in [-0.25, -0.2) is 0 Å². The fourth-order valence-corrected chi connectivity index (χ4v) is 1.82. The molecule has 0 saturated carbocycles.